The molecular weight excluding hydrogens is 327 g/mol. The zero-order chi connectivity index (χ0) is 18.3. The maximum Gasteiger partial charge on any atom is 0.405 e. The van der Waals surface area contributed by atoms with Gasteiger partial charge in [0.15, 0.2) is 12.6 Å². The minimum atomic E-state index is -4.46. The van der Waals surface area contributed by atoms with Gasteiger partial charge in [0.1, 0.15) is 12.3 Å². The van der Waals surface area contributed by atoms with Crippen LogP contribution in [0.15, 0.2) is 24.3 Å². The maximum atomic E-state index is 12.1. The van der Waals surface area contributed by atoms with Gasteiger partial charge in [-0.1, -0.05) is 0 Å². The minimum absolute atomic E-state index is 0.0629. The third kappa shape index (κ3) is 6.86. The van der Waals surface area contributed by atoms with Gasteiger partial charge in [0.05, 0.1) is 14.2 Å². The lowest BCUT2D eigenvalue weighted by molar-refractivity contribution is -0.885. The molecule has 134 valence electrons. The largest absolute Gasteiger partial charge is 0.497 e. The molecule has 9 heteroatoms. The van der Waals surface area contributed by atoms with Gasteiger partial charge in [0, 0.05) is 5.69 Å². The third-order valence-electron chi connectivity index (χ3n) is 3.41. The quantitative estimate of drug-likeness (QED) is 0.660. The average Bonchev–Trinajstić information content (AvgIpc) is 2.51. The number of quaternary nitrogens is 1. The molecule has 2 atom stereocenters. The lowest BCUT2D eigenvalue weighted by Gasteiger charge is -2.21. The fourth-order valence-electron chi connectivity index (χ4n) is 1.85. The first-order chi connectivity index (χ1) is 11.1. The van der Waals surface area contributed by atoms with Crippen LogP contribution in [0.3, 0.4) is 0 Å². The summed E-state index contributed by atoms with van der Waals surface area (Å²) in [5.74, 6) is -0.471. The number of hydrogen-bond acceptors (Lipinski definition) is 3. The molecule has 6 nitrogen and oxygen atoms in total. The van der Waals surface area contributed by atoms with E-state index in [1.807, 2.05) is 5.32 Å². The molecule has 0 heterocycles. The summed E-state index contributed by atoms with van der Waals surface area (Å²) >= 11 is 0. The number of likely N-dealkylation sites (N-methyl/N-ethyl adjacent to an activating group) is 1. The number of halogens is 3. The lowest BCUT2D eigenvalue weighted by Crippen LogP contribution is -3.15. The zero-order valence-electron chi connectivity index (χ0n) is 13.7. The van der Waals surface area contributed by atoms with Gasteiger partial charge in [-0.3, -0.25) is 9.59 Å². The highest BCUT2D eigenvalue weighted by molar-refractivity contribution is 5.91. The number of hydrogen-bond donors (Lipinski definition) is 3. The Labute approximate surface area is 138 Å². The molecule has 0 bridgehead atoms. The Hall–Kier alpha value is -2.29. The normalized spacial score (nSPS) is 13.8. The van der Waals surface area contributed by atoms with Crippen LogP contribution >= 0.6 is 0 Å². The zero-order valence-corrected chi connectivity index (χ0v) is 13.7. The van der Waals surface area contributed by atoms with Crippen LogP contribution in [0.1, 0.15) is 6.92 Å². The summed E-state index contributed by atoms with van der Waals surface area (Å²) in [6.45, 7) is 0.00976. The SMILES string of the molecule is COc1ccc(NC(=O)C[NH+](C)[C@@H](C)C(=O)NCC(F)(F)F)cc1. The Balaban J connectivity index is 2.48. The highest BCUT2D eigenvalue weighted by atomic mass is 19.4. The van der Waals surface area contributed by atoms with Crippen molar-refractivity contribution in [2.75, 3.05) is 32.6 Å². The van der Waals surface area contributed by atoms with E-state index in [1.165, 1.54) is 14.0 Å². The van der Waals surface area contributed by atoms with Crippen LogP contribution in [0, 0.1) is 0 Å². The highest BCUT2D eigenvalue weighted by Crippen LogP contribution is 2.14. The monoisotopic (exact) mass is 348 g/mol. The number of anilines is 1. The van der Waals surface area contributed by atoms with E-state index < -0.39 is 24.7 Å². The van der Waals surface area contributed by atoms with E-state index in [0.29, 0.717) is 16.3 Å². The topological polar surface area (TPSA) is 71.9 Å². The Kier molecular flexibility index (Phi) is 7.02. The molecule has 3 N–H and O–H groups in total. The van der Waals surface area contributed by atoms with Gasteiger partial charge in [-0.15, -0.1) is 0 Å². The van der Waals surface area contributed by atoms with Gasteiger partial charge >= 0.3 is 6.18 Å². The number of nitrogens with one attached hydrogen (secondary N) is 3. The van der Waals surface area contributed by atoms with Crippen molar-refractivity contribution >= 4 is 17.5 Å². The van der Waals surface area contributed by atoms with E-state index in [4.69, 9.17) is 4.74 Å². The smallest absolute Gasteiger partial charge is 0.405 e. The number of carbonyl (C=O) groups is 2. The van der Waals surface area contributed by atoms with Crippen LogP contribution in [0.5, 0.6) is 5.75 Å². The molecule has 1 aromatic rings. The number of ether oxygens (including phenoxy) is 1. The van der Waals surface area contributed by atoms with Gasteiger partial charge in [0.25, 0.3) is 11.8 Å². The van der Waals surface area contributed by atoms with E-state index >= 15 is 0 Å². The summed E-state index contributed by atoms with van der Waals surface area (Å²) in [5, 5.41) is 4.46. The van der Waals surface area contributed by atoms with Crippen molar-refractivity contribution < 1.29 is 32.4 Å². The standard InChI is InChI=1S/C15H20F3N3O3/c1-10(14(23)19-9-15(16,17)18)21(2)8-13(22)20-11-4-6-12(24-3)7-5-11/h4-7,10H,8-9H2,1-3H3,(H,19,23)(H,20,22)/p+1/t10-/m0/s1. The van der Waals surface area contributed by atoms with Crippen molar-refractivity contribution in [3.05, 3.63) is 24.3 Å². The number of rotatable bonds is 7. The summed E-state index contributed by atoms with van der Waals surface area (Å²) in [6, 6.07) is 5.88. The van der Waals surface area contributed by atoms with E-state index in [1.54, 1.807) is 31.3 Å². The second-order valence-electron chi connectivity index (χ2n) is 5.35. The number of carbonyl (C=O) groups excluding carboxylic acids is 2. The van der Waals surface area contributed by atoms with Crippen molar-refractivity contribution in [3.63, 3.8) is 0 Å². The average molecular weight is 348 g/mol. The highest BCUT2D eigenvalue weighted by Gasteiger charge is 2.31. The minimum Gasteiger partial charge on any atom is -0.497 e. The van der Waals surface area contributed by atoms with E-state index in [0.717, 1.165) is 0 Å². The van der Waals surface area contributed by atoms with Crippen LogP contribution in [0.2, 0.25) is 0 Å². The Morgan fingerprint density at radius 3 is 2.33 bits per heavy atom. The summed E-state index contributed by atoms with van der Waals surface area (Å²) in [6.07, 6.45) is -4.46. The molecule has 0 aliphatic rings. The molecule has 0 spiro atoms. The summed E-state index contributed by atoms with van der Waals surface area (Å²) in [7, 11) is 3.09. The van der Waals surface area contributed by atoms with Crippen molar-refractivity contribution in [3.8, 4) is 5.75 Å². The van der Waals surface area contributed by atoms with Crippen molar-refractivity contribution in [1.82, 2.24) is 5.32 Å². The first kappa shape index (κ1) is 19.8. The fourth-order valence-corrected chi connectivity index (χ4v) is 1.85. The first-order valence-corrected chi connectivity index (χ1v) is 7.23. The summed E-state index contributed by atoms with van der Waals surface area (Å²) in [5.41, 5.74) is 0.558. The third-order valence-corrected chi connectivity index (χ3v) is 3.41. The molecule has 24 heavy (non-hydrogen) atoms. The molecule has 0 saturated carbocycles. The Morgan fingerprint density at radius 2 is 1.83 bits per heavy atom. The molecule has 0 aliphatic carbocycles. The predicted octanol–water partition coefficient (Wildman–Crippen LogP) is 0.215. The van der Waals surface area contributed by atoms with Gasteiger partial charge in [-0.05, 0) is 31.2 Å². The van der Waals surface area contributed by atoms with E-state index in [2.05, 4.69) is 5.32 Å². The van der Waals surface area contributed by atoms with Crippen LogP contribution < -0.4 is 20.3 Å². The van der Waals surface area contributed by atoms with Gasteiger partial charge in [0.2, 0.25) is 0 Å². The molecule has 1 unspecified atom stereocenters. The first-order valence-electron chi connectivity index (χ1n) is 7.23. The van der Waals surface area contributed by atoms with Crippen molar-refractivity contribution in [2.24, 2.45) is 0 Å². The molecule has 0 fully saturated rings. The molecule has 1 rings (SSSR count). The molecule has 0 radical (unpaired) electrons. The Bertz CT molecular complexity index is 561. The number of benzene rings is 1. The predicted molar refractivity (Wildman–Crippen MR) is 81.9 cm³/mol. The van der Waals surface area contributed by atoms with Crippen molar-refractivity contribution in [2.45, 2.75) is 19.1 Å². The number of alkyl halides is 3. The Morgan fingerprint density at radius 1 is 1.25 bits per heavy atom. The lowest BCUT2D eigenvalue weighted by atomic mass is 10.2. The fraction of sp³-hybridized carbons (Fsp3) is 0.467. The summed E-state index contributed by atoms with van der Waals surface area (Å²) in [4.78, 5) is 24.1. The second-order valence-corrected chi connectivity index (χ2v) is 5.35. The van der Waals surface area contributed by atoms with Gasteiger partial charge < -0.3 is 20.3 Å². The molecule has 1 aromatic carbocycles. The summed E-state index contributed by atoms with van der Waals surface area (Å²) < 4.78 is 41.3. The van der Waals surface area contributed by atoms with E-state index in [-0.39, 0.29) is 12.5 Å². The van der Waals surface area contributed by atoms with Gasteiger partial charge in [-0.2, -0.15) is 13.2 Å². The van der Waals surface area contributed by atoms with Crippen molar-refractivity contribution in [1.29, 1.82) is 0 Å². The molecule has 2 amide bonds. The van der Waals surface area contributed by atoms with Crippen LogP contribution in [-0.2, 0) is 9.59 Å². The van der Waals surface area contributed by atoms with Crippen LogP contribution in [0.4, 0.5) is 18.9 Å². The second kappa shape index (κ2) is 8.53. The number of amides is 2. The molecular formula is C15H21F3N3O3+. The maximum absolute atomic E-state index is 12.1. The molecule has 0 aliphatic heterocycles. The van der Waals surface area contributed by atoms with Crippen LogP contribution in [0.25, 0.3) is 0 Å². The van der Waals surface area contributed by atoms with E-state index in [9.17, 15) is 22.8 Å². The molecule has 0 saturated heterocycles. The van der Waals surface area contributed by atoms with Crippen LogP contribution in [-0.4, -0.2) is 51.3 Å². The number of methoxy groups -OCH3 is 1. The molecule has 0 aromatic heterocycles. The van der Waals surface area contributed by atoms with Gasteiger partial charge in [-0.25, -0.2) is 0 Å².